The lowest BCUT2D eigenvalue weighted by Crippen LogP contribution is -2.45. The van der Waals surface area contributed by atoms with Gasteiger partial charge in [-0.1, -0.05) is 18.2 Å². The normalized spacial score (nSPS) is 22.9. The Morgan fingerprint density at radius 1 is 1.11 bits per heavy atom. The molecule has 6 heteroatoms. The Balaban J connectivity index is 1.40. The summed E-state index contributed by atoms with van der Waals surface area (Å²) in [5, 5.41) is 3.05. The number of nitrogens with zero attached hydrogens (tertiary/aromatic N) is 1. The number of hydrogen-bond acceptors (Lipinski definition) is 4. The summed E-state index contributed by atoms with van der Waals surface area (Å²) in [7, 11) is 1.66. The Bertz CT molecular complexity index is 635. The summed E-state index contributed by atoms with van der Waals surface area (Å²) < 4.78 is 10.7. The van der Waals surface area contributed by atoms with Crippen molar-refractivity contribution in [2.75, 3.05) is 40.0 Å². The molecular formula is C21H30N2O4. The van der Waals surface area contributed by atoms with E-state index in [0.29, 0.717) is 32.8 Å². The molecule has 1 saturated heterocycles. The highest BCUT2D eigenvalue weighted by molar-refractivity contribution is 5.81. The van der Waals surface area contributed by atoms with Crippen LogP contribution in [0.1, 0.15) is 31.2 Å². The Labute approximate surface area is 161 Å². The minimum absolute atomic E-state index is 0.0245. The van der Waals surface area contributed by atoms with Crippen LogP contribution in [0.25, 0.3) is 0 Å². The Morgan fingerprint density at radius 3 is 2.48 bits per heavy atom. The van der Waals surface area contributed by atoms with E-state index in [1.54, 1.807) is 7.11 Å². The van der Waals surface area contributed by atoms with Crippen molar-refractivity contribution in [2.24, 2.45) is 11.8 Å². The summed E-state index contributed by atoms with van der Waals surface area (Å²) in [6, 6.07) is 7.88. The highest BCUT2D eigenvalue weighted by Gasteiger charge is 2.32. The number of amides is 2. The molecule has 0 radical (unpaired) electrons. The maximum Gasteiger partial charge on any atom is 0.225 e. The van der Waals surface area contributed by atoms with Crippen molar-refractivity contribution in [3.63, 3.8) is 0 Å². The molecule has 6 nitrogen and oxygen atoms in total. The van der Waals surface area contributed by atoms with Crippen molar-refractivity contribution < 1.29 is 19.1 Å². The number of ether oxygens (including phenoxy) is 2. The highest BCUT2D eigenvalue weighted by Crippen LogP contribution is 2.30. The van der Waals surface area contributed by atoms with Gasteiger partial charge in [-0.05, 0) is 43.7 Å². The van der Waals surface area contributed by atoms with Crippen molar-refractivity contribution in [1.29, 1.82) is 0 Å². The van der Waals surface area contributed by atoms with Crippen molar-refractivity contribution in [1.82, 2.24) is 10.2 Å². The Kier molecular flexibility index (Phi) is 7.10. The van der Waals surface area contributed by atoms with E-state index in [1.807, 2.05) is 29.2 Å². The number of carbonyl (C=O) groups is 2. The molecule has 148 valence electrons. The van der Waals surface area contributed by atoms with Gasteiger partial charge in [0.2, 0.25) is 11.8 Å². The second-order valence-electron chi connectivity index (χ2n) is 7.34. The lowest BCUT2D eigenvalue weighted by molar-refractivity contribution is -0.142. The van der Waals surface area contributed by atoms with E-state index < -0.39 is 0 Å². The molecule has 1 aromatic carbocycles. The first-order valence-corrected chi connectivity index (χ1v) is 9.95. The maximum absolute atomic E-state index is 12.6. The monoisotopic (exact) mass is 374 g/mol. The number of nitrogens with one attached hydrogen (secondary N) is 1. The van der Waals surface area contributed by atoms with E-state index in [2.05, 4.69) is 5.32 Å². The van der Waals surface area contributed by atoms with Crippen LogP contribution in [0.15, 0.2) is 24.3 Å². The smallest absolute Gasteiger partial charge is 0.225 e. The van der Waals surface area contributed by atoms with Crippen molar-refractivity contribution in [3.8, 4) is 5.75 Å². The van der Waals surface area contributed by atoms with E-state index in [1.165, 1.54) is 0 Å². The standard InChI is InChI=1S/C21H30N2O4/c1-26-19-5-3-2-4-16(19)10-11-22-20(24)17-6-8-18(9-7-17)21(25)23-12-14-27-15-13-23/h2-5,17-18H,6-15H2,1H3,(H,22,24). The van der Waals surface area contributed by atoms with Gasteiger partial charge in [0.05, 0.1) is 20.3 Å². The van der Waals surface area contributed by atoms with Crippen LogP contribution in [0.3, 0.4) is 0 Å². The lowest BCUT2D eigenvalue weighted by Gasteiger charge is -2.33. The van der Waals surface area contributed by atoms with Crippen LogP contribution >= 0.6 is 0 Å². The topological polar surface area (TPSA) is 67.9 Å². The van der Waals surface area contributed by atoms with Crippen molar-refractivity contribution in [3.05, 3.63) is 29.8 Å². The Hall–Kier alpha value is -2.08. The minimum atomic E-state index is 0.0245. The molecule has 1 aromatic rings. The number of methoxy groups -OCH3 is 1. The largest absolute Gasteiger partial charge is 0.496 e. The summed E-state index contributed by atoms with van der Waals surface area (Å²) in [4.78, 5) is 27.0. The SMILES string of the molecule is COc1ccccc1CCNC(=O)C1CCC(C(=O)N2CCOCC2)CC1. The van der Waals surface area contributed by atoms with Gasteiger partial charge in [-0.25, -0.2) is 0 Å². The predicted octanol–water partition coefficient (Wildman–Crippen LogP) is 2.02. The molecule has 3 rings (SSSR count). The lowest BCUT2D eigenvalue weighted by atomic mass is 9.81. The molecule has 2 fully saturated rings. The molecule has 0 bridgehead atoms. The van der Waals surface area contributed by atoms with Gasteiger partial charge in [0.25, 0.3) is 0 Å². The molecule has 1 N–H and O–H groups in total. The second kappa shape index (κ2) is 9.74. The average Bonchev–Trinajstić information content (AvgIpc) is 2.74. The van der Waals surface area contributed by atoms with Gasteiger partial charge in [-0.15, -0.1) is 0 Å². The van der Waals surface area contributed by atoms with Gasteiger partial charge in [0.15, 0.2) is 0 Å². The number of benzene rings is 1. The van der Waals surface area contributed by atoms with Crippen LogP contribution in [0.5, 0.6) is 5.75 Å². The van der Waals surface area contributed by atoms with Gasteiger partial charge in [0, 0.05) is 31.5 Å². The van der Waals surface area contributed by atoms with Gasteiger partial charge in [-0.2, -0.15) is 0 Å². The molecule has 27 heavy (non-hydrogen) atoms. The zero-order chi connectivity index (χ0) is 19.1. The molecule has 0 spiro atoms. The first kappa shape index (κ1) is 19.7. The van der Waals surface area contributed by atoms with Crippen LogP contribution in [-0.4, -0.2) is 56.7 Å². The fourth-order valence-corrected chi connectivity index (χ4v) is 4.02. The quantitative estimate of drug-likeness (QED) is 0.827. The fraction of sp³-hybridized carbons (Fsp3) is 0.619. The molecule has 1 aliphatic heterocycles. The molecule has 0 unspecified atom stereocenters. The number of morpholine rings is 1. The third-order valence-electron chi connectivity index (χ3n) is 5.66. The molecular weight excluding hydrogens is 344 g/mol. The van der Waals surface area contributed by atoms with Crippen LogP contribution in [0, 0.1) is 11.8 Å². The zero-order valence-electron chi connectivity index (χ0n) is 16.1. The molecule has 2 aliphatic rings. The van der Waals surface area contributed by atoms with Crippen molar-refractivity contribution in [2.45, 2.75) is 32.1 Å². The Morgan fingerprint density at radius 2 is 1.78 bits per heavy atom. The van der Waals surface area contributed by atoms with Gasteiger partial charge in [0.1, 0.15) is 5.75 Å². The molecule has 1 heterocycles. The van der Waals surface area contributed by atoms with E-state index in [0.717, 1.165) is 43.4 Å². The summed E-state index contributed by atoms with van der Waals surface area (Å²) >= 11 is 0. The second-order valence-corrected chi connectivity index (χ2v) is 7.34. The van der Waals surface area contributed by atoms with Crippen LogP contribution in [-0.2, 0) is 20.7 Å². The van der Waals surface area contributed by atoms with E-state index in [4.69, 9.17) is 9.47 Å². The fourth-order valence-electron chi connectivity index (χ4n) is 4.02. The van der Waals surface area contributed by atoms with Gasteiger partial charge >= 0.3 is 0 Å². The predicted molar refractivity (Wildman–Crippen MR) is 103 cm³/mol. The molecule has 1 saturated carbocycles. The first-order valence-electron chi connectivity index (χ1n) is 9.95. The van der Waals surface area contributed by atoms with E-state index >= 15 is 0 Å². The van der Waals surface area contributed by atoms with Gasteiger partial charge < -0.3 is 19.7 Å². The van der Waals surface area contributed by atoms with E-state index in [9.17, 15) is 9.59 Å². The molecule has 0 aromatic heterocycles. The average molecular weight is 374 g/mol. The maximum atomic E-state index is 12.6. The summed E-state index contributed by atoms with van der Waals surface area (Å²) in [5.41, 5.74) is 1.10. The van der Waals surface area contributed by atoms with Crippen LogP contribution in [0.2, 0.25) is 0 Å². The van der Waals surface area contributed by atoms with Gasteiger partial charge in [-0.3, -0.25) is 9.59 Å². The molecule has 0 atom stereocenters. The number of rotatable bonds is 6. The number of carbonyl (C=O) groups excluding carboxylic acids is 2. The van der Waals surface area contributed by atoms with Crippen LogP contribution < -0.4 is 10.1 Å². The first-order chi connectivity index (χ1) is 13.2. The summed E-state index contributed by atoms with van der Waals surface area (Å²) in [6.07, 6.45) is 3.95. The summed E-state index contributed by atoms with van der Waals surface area (Å²) in [5.74, 6) is 1.31. The third-order valence-corrected chi connectivity index (χ3v) is 5.66. The minimum Gasteiger partial charge on any atom is -0.496 e. The summed E-state index contributed by atoms with van der Waals surface area (Å²) in [6.45, 7) is 3.27. The highest BCUT2D eigenvalue weighted by atomic mass is 16.5. The number of para-hydroxylation sites is 1. The van der Waals surface area contributed by atoms with Crippen molar-refractivity contribution >= 4 is 11.8 Å². The molecule has 2 amide bonds. The number of hydrogen-bond donors (Lipinski definition) is 1. The molecule has 1 aliphatic carbocycles. The third kappa shape index (κ3) is 5.22. The van der Waals surface area contributed by atoms with E-state index in [-0.39, 0.29) is 23.7 Å². The van der Waals surface area contributed by atoms with Crippen LogP contribution in [0.4, 0.5) is 0 Å². The zero-order valence-corrected chi connectivity index (χ0v) is 16.1.